The molecule has 1 N–H and O–H groups in total. The van der Waals surface area contributed by atoms with Crippen molar-refractivity contribution in [1.29, 1.82) is 0 Å². The molecule has 0 radical (unpaired) electrons. The number of amides is 1. The third-order valence-electron chi connectivity index (χ3n) is 2.89. The number of oxazole rings is 1. The highest BCUT2D eigenvalue weighted by Crippen LogP contribution is 2.18. The van der Waals surface area contributed by atoms with Crippen molar-refractivity contribution in [2.75, 3.05) is 5.32 Å². The second kappa shape index (κ2) is 5.46. The second-order valence-electron chi connectivity index (χ2n) is 4.39. The zero-order valence-electron chi connectivity index (χ0n) is 10.5. The number of anilines is 1. The van der Waals surface area contributed by atoms with Gasteiger partial charge in [0.15, 0.2) is 12.0 Å². The van der Waals surface area contributed by atoms with Crippen molar-refractivity contribution in [3.05, 3.63) is 58.9 Å². The molecule has 3 rings (SSSR count). The Morgan fingerprint density at radius 1 is 1.20 bits per heavy atom. The van der Waals surface area contributed by atoms with Gasteiger partial charge in [0, 0.05) is 10.2 Å². The fraction of sp³-hybridized carbons (Fsp3) is 0.0667. The lowest BCUT2D eigenvalue weighted by atomic mass is 10.1. The van der Waals surface area contributed by atoms with Crippen molar-refractivity contribution in [2.24, 2.45) is 0 Å². The molecular weight excluding hydrogens is 320 g/mol. The van der Waals surface area contributed by atoms with Gasteiger partial charge in [0.2, 0.25) is 5.91 Å². The zero-order valence-corrected chi connectivity index (χ0v) is 12.1. The molecule has 1 amide bonds. The second-order valence-corrected chi connectivity index (χ2v) is 5.30. The van der Waals surface area contributed by atoms with Crippen molar-refractivity contribution in [3.8, 4) is 0 Å². The van der Waals surface area contributed by atoms with E-state index in [1.165, 1.54) is 6.39 Å². The van der Waals surface area contributed by atoms with Gasteiger partial charge in [0.05, 0.1) is 6.42 Å². The summed E-state index contributed by atoms with van der Waals surface area (Å²) in [7, 11) is 0. The molecule has 0 aliphatic heterocycles. The van der Waals surface area contributed by atoms with E-state index in [0.29, 0.717) is 17.7 Å². The van der Waals surface area contributed by atoms with Gasteiger partial charge in [-0.25, -0.2) is 4.98 Å². The molecule has 0 aliphatic rings. The maximum Gasteiger partial charge on any atom is 0.228 e. The largest absolute Gasteiger partial charge is 0.443 e. The molecule has 1 heterocycles. The fourth-order valence-corrected chi connectivity index (χ4v) is 2.19. The van der Waals surface area contributed by atoms with Crippen molar-refractivity contribution in [3.63, 3.8) is 0 Å². The Bertz CT molecular complexity index is 750. The lowest BCUT2D eigenvalue weighted by Gasteiger charge is -2.05. The van der Waals surface area contributed by atoms with Gasteiger partial charge >= 0.3 is 0 Å². The summed E-state index contributed by atoms with van der Waals surface area (Å²) in [5.41, 5.74) is 3.11. The van der Waals surface area contributed by atoms with E-state index in [4.69, 9.17) is 4.42 Å². The predicted octanol–water partition coefficient (Wildman–Crippen LogP) is 3.77. The van der Waals surface area contributed by atoms with Crippen molar-refractivity contribution >= 4 is 38.6 Å². The molecule has 0 saturated heterocycles. The Balaban J connectivity index is 1.70. The molecule has 0 atom stereocenters. The number of aromatic nitrogens is 1. The number of nitrogens with zero attached hydrogens (tertiary/aromatic N) is 1. The number of carbonyl (C=O) groups is 1. The Morgan fingerprint density at radius 3 is 2.80 bits per heavy atom. The molecule has 0 unspecified atom stereocenters. The van der Waals surface area contributed by atoms with Gasteiger partial charge in [-0.1, -0.05) is 28.1 Å². The number of nitrogens with one attached hydrogen (secondary N) is 1. The van der Waals surface area contributed by atoms with Crippen LogP contribution in [0.2, 0.25) is 0 Å². The summed E-state index contributed by atoms with van der Waals surface area (Å²) in [5.74, 6) is -0.0600. The summed E-state index contributed by atoms with van der Waals surface area (Å²) in [4.78, 5) is 16.0. The monoisotopic (exact) mass is 330 g/mol. The highest BCUT2D eigenvalue weighted by Gasteiger charge is 2.06. The van der Waals surface area contributed by atoms with E-state index in [2.05, 4.69) is 26.2 Å². The first-order chi connectivity index (χ1) is 9.70. The van der Waals surface area contributed by atoms with Gasteiger partial charge in [-0.05, 0) is 35.9 Å². The van der Waals surface area contributed by atoms with E-state index in [1.807, 2.05) is 24.3 Å². The molecular formula is C15H11BrN2O2. The van der Waals surface area contributed by atoms with Crippen molar-refractivity contribution in [2.45, 2.75) is 6.42 Å². The molecule has 0 spiro atoms. The van der Waals surface area contributed by atoms with Crippen LogP contribution in [-0.2, 0) is 11.2 Å². The van der Waals surface area contributed by atoms with Gasteiger partial charge in [-0.15, -0.1) is 0 Å². The van der Waals surface area contributed by atoms with Gasteiger partial charge in [-0.3, -0.25) is 4.79 Å². The molecule has 0 bridgehead atoms. The quantitative estimate of drug-likeness (QED) is 0.795. The minimum absolute atomic E-state index is 0.0600. The van der Waals surface area contributed by atoms with Crippen LogP contribution in [0.5, 0.6) is 0 Å². The summed E-state index contributed by atoms with van der Waals surface area (Å²) in [6.07, 6.45) is 1.72. The summed E-state index contributed by atoms with van der Waals surface area (Å²) in [5, 5.41) is 2.85. The molecule has 0 aliphatic carbocycles. The Labute approximate surface area is 123 Å². The molecule has 20 heavy (non-hydrogen) atoms. The molecule has 4 nitrogen and oxygen atoms in total. The molecule has 100 valence electrons. The van der Waals surface area contributed by atoms with Crippen LogP contribution in [0.25, 0.3) is 11.1 Å². The van der Waals surface area contributed by atoms with Crippen LogP contribution in [0.3, 0.4) is 0 Å². The number of benzene rings is 2. The van der Waals surface area contributed by atoms with Gasteiger partial charge in [-0.2, -0.15) is 0 Å². The van der Waals surface area contributed by atoms with Crippen LogP contribution in [0.1, 0.15) is 5.56 Å². The Kier molecular flexibility index (Phi) is 3.52. The number of carbonyl (C=O) groups excluding carboxylic acids is 1. The first kappa shape index (κ1) is 12.9. The molecule has 2 aromatic carbocycles. The zero-order chi connectivity index (χ0) is 13.9. The number of rotatable bonds is 3. The minimum Gasteiger partial charge on any atom is -0.443 e. The maximum absolute atomic E-state index is 12.0. The SMILES string of the molecule is O=C(Cc1ccc(Br)cc1)Nc1ccc2ocnc2c1. The lowest BCUT2D eigenvalue weighted by molar-refractivity contribution is -0.115. The van der Waals surface area contributed by atoms with Crippen LogP contribution in [-0.4, -0.2) is 10.9 Å². The normalized spacial score (nSPS) is 10.7. The molecule has 0 fully saturated rings. The average Bonchev–Trinajstić information content (AvgIpc) is 2.89. The minimum atomic E-state index is -0.0600. The maximum atomic E-state index is 12.0. The van der Waals surface area contributed by atoms with Gasteiger partial charge in [0.25, 0.3) is 0 Å². The molecule has 0 saturated carbocycles. The first-order valence-corrected chi connectivity index (χ1v) is 6.87. The summed E-state index contributed by atoms with van der Waals surface area (Å²) < 4.78 is 6.15. The fourth-order valence-electron chi connectivity index (χ4n) is 1.93. The van der Waals surface area contributed by atoms with E-state index in [-0.39, 0.29) is 5.91 Å². The number of hydrogen-bond acceptors (Lipinski definition) is 3. The Morgan fingerprint density at radius 2 is 2.00 bits per heavy atom. The van der Waals surface area contributed by atoms with Crippen molar-refractivity contribution < 1.29 is 9.21 Å². The summed E-state index contributed by atoms with van der Waals surface area (Å²) in [6.45, 7) is 0. The van der Waals surface area contributed by atoms with E-state index in [0.717, 1.165) is 15.6 Å². The van der Waals surface area contributed by atoms with Crippen LogP contribution in [0.15, 0.2) is 57.7 Å². The van der Waals surface area contributed by atoms with Crippen LogP contribution in [0, 0.1) is 0 Å². The predicted molar refractivity (Wildman–Crippen MR) is 80.5 cm³/mol. The molecule has 5 heteroatoms. The average molecular weight is 331 g/mol. The van der Waals surface area contributed by atoms with E-state index < -0.39 is 0 Å². The lowest BCUT2D eigenvalue weighted by Crippen LogP contribution is -2.14. The number of hydrogen-bond donors (Lipinski definition) is 1. The Hall–Kier alpha value is -2.14. The van der Waals surface area contributed by atoms with E-state index >= 15 is 0 Å². The van der Waals surface area contributed by atoms with Crippen LogP contribution < -0.4 is 5.32 Å². The molecule has 3 aromatic rings. The smallest absolute Gasteiger partial charge is 0.228 e. The third kappa shape index (κ3) is 2.88. The van der Waals surface area contributed by atoms with Crippen LogP contribution in [0.4, 0.5) is 5.69 Å². The summed E-state index contributed by atoms with van der Waals surface area (Å²) >= 11 is 3.37. The summed E-state index contributed by atoms with van der Waals surface area (Å²) in [6, 6.07) is 13.1. The van der Waals surface area contributed by atoms with E-state index in [1.54, 1.807) is 18.2 Å². The van der Waals surface area contributed by atoms with E-state index in [9.17, 15) is 4.79 Å². The number of halogens is 1. The van der Waals surface area contributed by atoms with Crippen molar-refractivity contribution in [1.82, 2.24) is 4.98 Å². The molecule has 1 aromatic heterocycles. The van der Waals surface area contributed by atoms with Crippen LogP contribution >= 0.6 is 15.9 Å². The topological polar surface area (TPSA) is 55.1 Å². The van der Waals surface area contributed by atoms with Gasteiger partial charge in [0.1, 0.15) is 5.52 Å². The third-order valence-corrected chi connectivity index (χ3v) is 3.42. The highest BCUT2D eigenvalue weighted by molar-refractivity contribution is 9.10. The first-order valence-electron chi connectivity index (χ1n) is 6.08. The number of fused-ring (bicyclic) bond motifs is 1. The highest BCUT2D eigenvalue weighted by atomic mass is 79.9. The van der Waals surface area contributed by atoms with Gasteiger partial charge < -0.3 is 9.73 Å². The standard InChI is InChI=1S/C15H11BrN2O2/c16-11-3-1-10(2-4-11)7-15(19)18-12-5-6-14-13(8-12)17-9-20-14/h1-6,8-9H,7H2,(H,18,19).